The lowest BCUT2D eigenvalue weighted by molar-refractivity contribution is 0.0968. The first-order valence-corrected chi connectivity index (χ1v) is 10.1. The van der Waals surface area contributed by atoms with Crippen molar-refractivity contribution in [1.82, 2.24) is 4.90 Å². The molecule has 0 spiro atoms. The van der Waals surface area contributed by atoms with E-state index in [1.807, 2.05) is 24.3 Å². The summed E-state index contributed by atoms with van der Waals surface area (Å²) in [6.07, 6.45) is 1.52. The van der Waals surface area contributed by atoms with Gasteiger partial charge in [0.1, 0.15) is 11.6 Å². The number of carbonyl (C=O) groups is 1. The Labute approximate surface area is 157 Å². The van der Waals surface area contributed by atoms with Crippen LogP contribution >= 0.6 is 11.8 Å². The summed E-state index contributed by atoms with van der Waals surface area (Å²) in [5, 5.41) is 0. The molecule has 2 aliphatic heterocycles. The molecule has 2 aliphatic rings. The van der Waals surface area contributed by atoms with Crippen LogP contribution in [0, 0.1) is 5.82 Å². The summed E-state index contributed by atoms with van der Waals surface area (Å²) in [6, 6.07) is 12.6. The van der Waals surface area contributed by atoms with Crippen molar-refractivity contribution in [3.8, 4) is 5.75 Å². The number of likely N-dealkylation sites (tertiary alicyclic amines) is 1. The summed E-state index contributed by atoms with van der Waals surface area (Å²) in [5.74, 6) is 2.13. The van der Waals surface area contributed by atoms with Crippen molar-refractivity contribution in [2.75, 3.05) is 32.0 Å². The Kier molecular flexibility index (Phi) is 5.27. The van der Waals surface area contributed by atoms with Crippen molar-refractivity contribution in [1.29, 1.82) is 0 Å². The Morgan fingerprint density at radius 2 is 2.19 bits per heavy atom. The molecule has 0 radical (unpaired) electrons. The van der Waals surface area contributed by atoms with Crippen molar-refractivity contribution in [2.45, 2.75) is 23.7 Å². The minimum absolute atomic E-state index is 0.154. The lowest BCUT2D eigenvalue weighted by Gasteiger charge is -2.18. The van der Waals surface area contributed by atoms with E-state index in [-0.39, 0.29) is 11.6 Å². The second kappa shape index (κ2) is 7.80. The molecule has 1 atom stereocenters. The fourth-order valence-electron chi connectivity index (χ4n) is 3.69. The van der Waals surface area contributed by atoms with E-state index in [1.165, 1.54) is 6.07 Å². The quantitative estimate of drug-likeness (QED) is 0.730. The van der Waals surface area contributed by atoms with Gasteiger partial charge in [0, 0.05) is 35.7 Å². The Hall–Kier alpha value is -1.85. The highest BCUT2D eigenvalue weighted by Crippen LogP contribution is 2.34. The predicted molar refractivity (Wildman–Crippen MR) is 102 cm³/mol. The van der Waals surface area contributed by atoms with Crippen LogP contribution in [0.15, 0.2) is 47.4 Å². The monoisotopic (exact) mass is 371 g/mol. The number of hydrogen-bond donors (Lipinski definition) is 0. The molecule has 0 N–H and O–H groups in total. The first-order chi connectivity index (χ1) is 12.7. The SMILES string of the molecule is O=C(CCN1CCC(c2cccc(F)c2)C1)c1ccc2c(c1)OCCS2. The van der Waals surface area contributed by atoms with E-state index >= 15 is 0 Å². The fraction of sp³-hybridized carbons (Fsp3) is 0.381. The van der Waals surface area contributed by atoms with E-state index < -0.39 is 0 Å². The number of hydrogen-bond acceptors (Lipinski definition) is 4. The topological polar surface area (TPSA) is 29.5 Å². The smallest absolute Gasteiger partial charge is 0.164 e. The van der Waals surface area contributed by atoms with Gasteiger partial charge in [-0.2, -0.15) is 0 Å². The van der Waals surface area contributed by atoms with E-state index in [1.54, 1.807) is 23.9 Å². The number of fused-ring (bicyclic) bond motifs is 1. The Bertz CT molecular complexity index is 810. The van der Waals surface area contributed by atoms with Crippen LogP contribution in [0.25, 0.3) is 0 Å². The highest BCUT2D eigenvalue weighted by atomic mass is 32.2. The first kappa shape index (κ1) is 17.6. The molecule has 0 bridgehead atoms. The van der Waals surface area contributed by atoms with Crippen LogP contribution in [0.3, 0.4) is 0 Å². The first-order valence-electron chi connectivity index (χ1n) is 9.10. The Balaban J connectivity index is 1.32. The molecule has 1 unspecified atom stereocenters. The lowest BCUT2D eigenvalue weighted by atomic mass is 9.98. The van der Waals surface area contributed by atoms with Crippen LogP contribution in [0.2, 0.25) is 0 Å². The molecule has 0 saturated carbocycles. The maximum Gasteiger partial charge on any atom is 0.164 e. The largest absolute Gasteiger partial charge is 0.492 e. The van der Waals surface area contributed by atoms with Crippen LogP contribution in [0.1, 0.15) is 34.7 Å². The second-order valence-corrected chi connectivity index (χ2v) is 8.01. The molecule has 2 aromatic rings. The van der Waals surface area contributed by atoms with E-state index in [2.05, 4.69) is 4.90 Å². The number of rotatable bonds is 5. The third-order valence-electron chi connectivity index (χ3n) is 5.11. The van der Waals surface area contributed by atoms with Gasteiger partial charge in [-0.3, -0.25) is 4.79 Å². The number of nitrogens with zero attached hydrogens (tertiary/aromatic N) is 1. The van der Waals surface area contributed by atoms with Crippen LogP contribution in [0.4, 0.5) is 4.39 Å². The van der Waals surface area contributed by atoms with Crippen molar-refractivity contribution in [2.24, 2.45) is 0 Å². The summed E-state index contributed by atoms with van der Waals surface area (Å²) >= 11 is 1.77. The molecule has 26 heavy (non-hydrogen) atoms. The highest BCUT2D eigenvalue weighted by molar-refractivity contribution is 7.99. The molecule has 5 heteroatoms. The van der Waals surface area contributed by atoms with Crippen molar-refractivity contribution in [3.05, 3.63) is 59.4 Å². The van der Waals surface area contributed by atoms with Gasteiger partial charge in [0.15, 0.2) is 5.78 Å². The van der Waals surface area contributed by atoms with E-state index in [0.29, 0.717) is 18.9 Å². The summed E-state index contributed by atoms with van der Waals surface area (Å²) in [4.78, 5) is 16.0. The standard InChI is InChI=1S/C21H22FNO2S/c22-18-3-1-2-15(12-18)17-6-8-23(14-17)9-7-19(24)16-4-5-21-20(13-16)25-10-11-26-21/h1-5,12-13,17H,6-11,14H2. The minimum atomic E-state index is -0.177. The summed E-state index contributed by atoms with van der Waals surface area (Å²) < 4.78 is 19.1. The van der Waals surface area contributed by atoms with E-state index in [4.69, 9.17) is 4.74 Å². The van der Waals surface area contributed by atoms with Gasteiger partial charge in [0.05, 0.1) is 6.61 Å². The van der Waals surface area contributed by atoms with Gasteiger partial charge >= 0.3 is 0 Å². The number of ether oxygens (including phenoxy) is 1. The van der Waals surface area contributed by atoms with Gasteiger partial charge in [0.2, 0.25) is 0 Å². The van der Waals surface area contributed by atoms with E-state index in [9.17, 15) is 9.18 Å². The lowest BCUT2D eigenvalue weighted by Crippen LogP contribution is -2.23. The third kappa shape index (κ3) is 3.94. The molecule has 0 aliphatic carbocycles. The van der Waals surface area contributed by atoms with E-state index in [0.717, 1.165) is 53.6 Å². The minimum Gasteiger partial charge on any atom is -0.492 e. The average Bonchev–Trinajstić information content (AvgIpc) is 3.15. The normalized spacial score (nSPS) is 19.8. The third-order valence-corrected chi connectivity index (χ3v) is 6.13. The van der Waals surface area contributed by atoms with Crippen molar-refractivity contribution < 1.29 is 13.9 Å². The Morgan fingerprint density at radius 1 is 1.27 bits per heavy atom. The summed E-state index contributed by atoms with van der Waals surface area (Å²) in [7, 11) is 0. The predicted octanol–water partition coefficient (Wildman–Crippen LogP) is 4.37. The molecule has 0 aromatic heterocycles. The highest BCUT2D eigenvalue weighted by Gasteiger charge is 2.24. The molecular formula is C21H22FNO2S. The zero-order valence-electron chi connectivity index (χ0n) is 14.6. The molecule has 1 fully saturated rings. The van der Waals surface area contributed by atoms with Crippen LogP contribution in [-0.4, -0.2) is 42.7 Å². The number of ketones is 1. The van der Waals surface area contributed by atoms with Crippen LogP contribution < -0.4 is 4.74 Å². The average molecular weight is 371 g/mol. The van der Waals surface area contributed by atoms with Gasteiger partial charge in [-0.05, 0) is 48.7 Å². The molecular weight excluding hydrogens is 349 g/mol. The summed E-state index contributed by atoms with van der Waals surface area (Å²) in [5.41, 5.74) is 1.79. The van der Waals surface area contributed by atoms with Gasteiger partial charge < -0.3 is 9.64 Å². The van der Waals surface area contributed by atoms with Gasteiger partial charge in [-0.15, -0.1) is 11.8 Å². The maximum atomic E-state index is 13.4. The van der Waals surface area contributed by atoms with Gasteiger partial charge in [0.25, 0.3) is 0 Å². The molecule has 1 saturated heterocycles. The number of carbonyl (C=O) groups excluding carboxylic acids is 1. The zero-order valence-corrected chi connectivity index (χ0v) is 15.4. The van der Waals surface area contributed by atoms with Crippen LogP contribution in [-0.2, 0) is 0 Å². The zero-order chi connectivity index (χ0) is 17.9. The molecule has 4 rings (SSSR count). The van der Waals surface area contributed by atoms with Gasteiger partial charge in [-0.1, -0.05) is 18.2 Å². The van der Waals surface area contributed by atoms with Crippen molar-refractivity contribution >= 4 is 17.5 Å². The number of benzene rings is 2. The second-order valence-electron chi connectivity index (χ2n) is 6.87. The molecule has 0 amide bonds. The number of halogens is 1. The maximum absolute atomic E-state index is 13.4. The molecule has 3 nitrogen and oxygen atoms in total. The van der Waals surface area contributed by atoms with Crippen LogP contribution in [0.5, 0.6) is 5.75 Å². The molecule has 2 aromatic carbocycles. The Morgan fingerprint density at radius 3 is 3.08 bits per heavy atom. The number of Topliss-reactive ketones (excluding diaryl/α,β-unsaturated/α-hetero) is 1. The fourth-order valence-corrected chi connectivity index (χ4v) is 4.50. The van der Waals surface area contributed by atoms with Crippen molar-refractivity contribution in [3.63, 3.8) is 0 Å². The number of thioether (sulfide) groups is 1. The molecule has 2 heterocycles. The van der Waals surface area contributed by atoms with Gasteiger partial charge in [-0.25, -0.2) is 4.39 Å². The summed E-state index contributed by atoms with van der Waals surface area (Å²) in [6.45, 7) is 3.29. The molecule has 136 valence electrons.